The molecule has 3 aromatic rings. The lowest BCUT2D eigenvalue weighted by Crippen LogP contribution is -2.04. The highest BCUT2D eigenvalue weighted by Crippen LogP contribution is 2.19. The van der Waals surface area contributed by atoms with E-state index in [2.05, 4.69) is 21.1 Å². The highest BCUT2D eigenvalue weighted by atomic mass is 79.9. The van der Waals surface area contributed by atoms with Crippen molar-refractivity contribution in [3.05, 3.63) is 82.3 Å². The smallest absolute Gasteiger partial charge is 0.313 e. The molecule has 0 radical (unpaired) electrons. The van der Waals surface area contributed by atoms with Crippen LogP contribution in [0.2, 0.25) is 0 Å². The van der Waals surface area contributed by atoms with Crippen LogP contribution in [0, 0.1) is 0 Å². The van der Waals surface area contributed by atoms with Crippen LogP contribution in [0.25, 0.3) is 10.8 Å². The van der Waals surface area contributed by atoms with E-state index in [1.807, 2.05) is 60.7 Å². The molecule has 0 aliphatic carbocycles. The zero-order valence-electron chi connectivity index (χ0n) is 12.5. The van der Waals surface area contributed by atoms with E-state index < -0.39 is 5.97 Å². The van der Waals surface area contributed by atoms with E-state index in [0.29, 0.717) is 11.3 Å². The molecule has 114 valence electrons. The van der Waals surface area contributed by atoms with Gasteiger partial charge in [0.1, 0.15) is 0 Å². The molecule has 3 aromatic carbocycles. The molecule has 0 saturated heterocycles. The van der Waals surface area contributed by atoms with Crippen molar-refractivity contribution in [3.8, 4) is 0 Å². The summed E-state index contributed by atoms with van der Waals surface area (Å²) in [5.41, 5.74) is 2.06. The van der Waals surface area contributed by atoms with Gasteiger partial charge < -0.3 is 4.84 Å². The zero-order chi connectivity index (χ0) is 16.2. The normalized spacial score (nSPS) is 11.5. The number of carbonyl (C=O) groups is 1. The molecule has 3 rings (SSSR count). The van der Waals surface area contributed by atoms with Crippen LogP contribution < -0.4 is 0 Å². The highest BCUT2D eigenvalue weighted by Gasteiger charge is 2.11. The van der Waals surface area contributed by atoms with Gasteiger partial charge in [-0.3, -0.25) is 0 Å². The van der Waals surface area contributed by atoms with Crippen LogP contribution in [-0.4, -0.2) is 11.7 Å². The minimum Gasteiger partial charge on any atom is -0.313 e. The number of hydrogen-bond donors (Lipinski definition) is 0. The summed E-state index contributed by atoms with van der Waals surface area (Å²) in [5.74, 6) is -0.460. The maximum Gasteiger partial charge on any atom is 0.366 e. The molecular formula is C19H14BrNO2. The number of carbonyl (C=O) groups excluding carboxylic acids is 1. The van der Waals surface area contributed by atoms with Crippen molar-refractivity contribution in [2.75, 3.05) is 0 Å². The minimum atomic E-state index is -0.460. The second-order valence-electron chi connectivity index (χ2n) is 5.09. The number of rotatable bonds is 3. The van der Waals surface area contributed by atoms with E-state index in [1.165, 1.54) is 0 Å². The highest BCUT2D eigenvalue weighted by molar-refractivity contribution is 9.10. The molecule has 0 aliphatic rings. The molecule has 0 fully saturated rings. The first kappa shape index (κ1) is 15.4. The van der Waals surface area contributed by atoms with E-state index in [4.69, 9.17) is 4.84 Å². The summed E-state index contributed by atoms with van der Waals surface area (Å²) >= 11 is 3.39. The number of benzene rings is 3. The molecule has 0 aliphatic heterocycles. The van der Waals surface area contributed by atoms with Crippen LogP contribution >= 0.6 is 15.9 Å². The molecule has 0 unspecified atom stereocenters. The average molecular weight is 368 g/mol. The Morgan fingerprint density at radius 3 is 2.43 bits per heavy atom. The van der Waals surface area contributed by atoms with Crippen LogP contribution in [0.3, 0.4) is 0 Å². The van der Waals surface area contributed by atoms with Crippen LogP contribution in [0.5, 0.6) is 0 Å². The fourth-order valence-electron chi connectivity index (χ4n) is 2.31. The summed E-state index contributed by atoms with van der Waals surface area (Å²) in [7, 11) is 0. The topological polar surface area (TPSA) is 38.7 Å². The van der Waals surface area contributed by atoms with E-state index in [0.717, 1.165) is 20.8 Å². The fraction of sp³-hybridized carbons (Fsp3) is 0.0526. The quantitative estimate of drug-likeness (QED) is 0.363. The molecule has 4 heteroatoms. The third-order valence-corrected chi connectivity index (χ3v) is 4.07. The van der Waals surface area contributed by atoms with Gasteiger partial charge in [0.25, 0.3) is 0 Å². The molecule has 0 atom stereocenters. The summed E-state index contributed by atoms with van der Waals surface area (Å²) in [5, 5.41) is 5.81. The van der Waals surface area contributed by atoms with Crippen molar-refractivity contribution < 1.29 is 9.63 Å². The van der Waals surface area contributed by atoms with Gasteiger partial charge in [-0.1, -0.05) is 69.6 Å². The Labute approximate surface area is 142 Å². The molecule has 3 nitrogen and oxygen atoms in total. The number of nitrogens with zero attached hydrogens (tertiary/aromatic N) is 1. The van der Waals surface area contributed by atoms with Gasteiger partial charge in [-0.25, -0.2) is 4.79 Å². The standard InChI is InChI=1S/C19H14BrNO2/c1-13(14-9-11-16(20)12-10-14)21-23-19(22)18-8-4-6-15-5-2-3-7-17(15)18/h2-12H,1H3. The van der Waals surface area contributed by atoms with E-state index in [9.17, 15) is 4.79 Å². The Morgan fingerprint density at radius 2 is 1.65 bits per heavy atom. The van der Waals surface area contributed by atoms with Gasteiger partial charge in [-0.05, 0) is 41.5 Å². The van der Waals surface area contributed by atoms with Gasteiger partial charge in [0.05, 0.1) is 11.3 Å². The predicted molar refractivity (Wildman–Crippen MR) is 95.7 cm³/mol. The molecule has 0 bridgehead atoms. The average Bonchev–Trinajstić information content (AvgIpc) is 2.59. The Morgan fingerprint density at radius 1 is 0.957 bits per heavy atom. The van der Waals surface area contributed by atoms with Crippen molar-refractivity contribution in [3.63, 3.8) is 0 Å². The van der Waals surface area contributed by atoms with Crippen molar-refractivity contribution in [1.82, 2.24) is 0 Å². The van der Waals surface area contributed by atoms with Crippen LogP contribution in [0.1, 0.15) is 22.8 Å². The maximum atomic E-state index is 12.3. The minimum absolute atomic E-state index is 0.460. The first-order valence-electron chi connectivity index (χ1n) is 7.15. The van der Waals surface area contributed by atoms with Crippen molar-refractivity contribution in [2.45, 2.75) is 6.92 Å². The van der Waals surface area contributed by atoms with Gasteiger partial charge >= 0.3 is 5.97 Å². The summed E-state index contributed by atoms with van der Waals surface area (Å²) in [6, 6.07) is 20.9. The second-order valence-corrected chi connectivity index (χ2v) is 6.00. The number of oxime groups is 1. The first-order chi connectivity index (χ1) is 11.1. The lowest BCUT2D eigenvalue weighted by atomic mass is 10.1. The van der Waals surface area contributed by atoms with Gasteiger partial charge in [-0.2, -0.15) is 0 Å². The Bertz CT molecular complexity index is 880. The third kappa shape index (κ3) is 3.48. The largest absolute Gasteiger partial charge is 0.366 e. The monoisotopic (exact) mass is 367 g/mol. The molecule has 0 heterocycles. The Hall–Kier alpha value is -2.46. The third-order valence-electron chi connectivity index (χ3n) is 3.54. The van der Waals surface area contributed by atoms with Crippen LogP contribution in [-0.2, 0) is 4.84 Å². The van der Waals surface area contributed by atoms with Crippen molar-refractivity contribution in [1.29, 1.82) is 0 Å². The Kier molecular flexibility index (Phi) is 4.53. The summed E-state index contributed by atoms with van der Waals surface area (Å²) in [6.45, 7) is 1.81. The molecule has 0 spiro atoms. The number of hydrogen-bond acceptors (Lipinski definition) is 3. The molecule has 0 saturated carbocycles. The van der Waals surface area contributed by atoms with E-state index >= 15 is 0 Å². The number of halogens is 1. The van der Waals surface area contributed by atoms with Gasteiger partial charge in [0.15, 0.2) is 0 Å². The van der Waals surface area contributed by atoms with Gasteiger partial charge in [0.2, 0.25) is 0 Å². The lowest BCUT2D eigenvalue weighted by molar-refractivity contribution is 0.0519. The maximum absolute atomic E-state index is 12.3. The van der Waals surface area contributed by atoms with Crippen LogP contribution in [0.4, 0.5) is 0 Å². The molecule has 23 heavy (non-hydrogen) atoms. The Balaban J connectivity index is 1.83. The second kappa shape index (κ2) is 6.75. The molecule has 0 N–H and O–H groups in total. The SMILES string of the molecule is CC(=NOC(=O)c1cccc2ccccc12)c1ccc(Br)cc1. The zero-order valence-corrected chi connectivity index (χ0v) is 14.1. The lowest BCUT2D eigenvalue weighted by Gasteiger charge is -2.05. The summed E-state index contributed by atoms with van der Waals surface area (Å²) in [6.07, 6.45) is 0. The van der Waals surface area contributed by atoms with Gasteiger partial charge in [0, 0.05) is 4.47 Å². The first-order valence-corrected chi connectivity index (χ1v) is 7.94. The number of fused-ring (bicyclic) bond motifs is 1. The van der Waals surface area contributed by atoms with Gasteiger partial charge in [-0.15, -0.1) is 0 Å². The molecule has 0 amide bonds. The molecule has 0 aromatic heterocycles. The fourth-order valence-corrected chi connectivity index (χ4v) is 2.57. The van der Waals surface area contributed by atoms with Crippen molar-refractivity contribution in [2.24, 2.45) is 5.16 Å². The molecular weight excluding hydrogens is 354 g/mol. The van der Waals surface area contributed by atoms with E-state index in [1.54, 1.807) is 13.0 Å². The summed E-state index contributed by atoms with van der Waals surface area (Å²) in [4.78, 5) is 17.4. The predicted octanol–water partition coefficient (Wildman–Crippen LogP) is 5.18. The summed E-state index contributed by atoms with van der Waals surface area (Å²) < 4.78 is 0.988. The van der Waals surface area contributed by atoms with Crippen molar-refractivity contribution >= 4 is 38.4 Å². The van der Waals surface area contributed by atoms with Crippen LogP contribution in [0.15, 0.2) is 76.4 Å². The van der Waals surface area contributed by atoms with E-state index in [-0.39, 0.29) is 0 Å².